The Balaban J connectivity index is 1.65. The molecule has 1 atom stereocenters. The lowest BCUT2D eigenvalue weighted by Crippen LogP contribution is -2.29. The zero-order valence-corrected chi connectivity index (χ0v) is 11.7. The van der Waals surface area contributed by atoms with E-state index in [0.29, 0.717) is 18.5 Å². The molecule has 1 amide bonds. The molecule has 20 heavy (non-hydrogen) atoms. The Hall–Kier alpha value is -1.82. The van der Waals surface area contributed by atoms with Crippen LogP contribution in [-0.4, -0.2) is 32.4 Å². The van der Waals surface area contributed by atoms with Gasteiger partial charge < -0.3 is 9.73 Å². The number of rotatable bonds is 3. The van der Waals surface area contributed by atoms with Gasteiger partial charge in [-0.25, -0.2) is 8.42 Å². The van der Waals surface area contributed by atoms with E-state index in [9.17, 15) is 13.2 Å². The van der Waals surface area contributed by atoms with Crippen molar-refractivity contribution in [3.05, 3.63) is 36.1 Å². The summed E-state index contributed by atoms with van der Waals surface area (Å²) in [6, 6.07) is 9.09. The van der Waals surface area contributed by atoms with Crippen molar-refractivity contribution in [2.24, 2.45) is 5.92 Å². The van der Waals surface area contributed by atoms with Gasteiger partial charge in [0.25, 0.3) is 5.91 Å². The third-order valence-electron chi connectivity index (χ3n) is 3.53. The normalized spacial score (nSPS) is 21.1. The van der Waals surface area contributed by atoms with Crippen LogP contribution in [0.1, 0.15) is 17.0 Å². The molecule has 1 aliphatic heterocycles. The van der Waals surface area contributed by atoms with Gasteiger partial charge in [-0.2, -0.15) is 0 Å². The number of carbonyl (C=O) groups excluding carboxylic acids is 1. The first kappa shape index (κ1) is 13.2. The average molecular weight is 293 g/mol. The van der Waals surface area contributed by atoms with Crippen LogP contribution in [-0.2, 0) is 9.84 Å². The maximum absolute atomic E-state index is 12.0. The second kappa shape index (κ2) is 4.94. The van der Waals surface area contributed by atoms with Crippen LogP contribution in [0.4, 0.5) is 0 Å². The molecule has 6 heteroatoms. The van der Waals surface area contributed by atoms with Crippen molar-refractivity contribution < 1.29 is 17.6 Å². The zero-order valence-electron chi connectivity index (χ0n) is 10.8. The van der Waals surface area contributed by atoms with E-state index in [1.54, 1.807) is 12.1 Å². The number of nitrogens with one attached hydrogen (secondary N) is 1. The third-order valence-corrected chi connectivity index (χ3v) is 5.36. The highest BCUT2D eigenvalue weighted by Crippen LogP contribution is 2.20. The molecular formula is C14H15NO4S. The first-order valence-corrected chi connectivity index (χ1v) is 8.33. The van der Waals surface area contributed by atoms with E-state index in [-0.39, 0.29) is 29.1 Å². The minimum atomic E-state index is -2.90. The Morgan fingerprint density at radius 3 is 2.85 bits per heavy atom. The largest absolute Gasteiger partial charge is 0.451 e. The Morgan fingerprint density at radius 2 is 2.15 bits per heavy atom. The van der Waals surface area contributed by atoms with Gasteiger partial charge in [0.05, 0.1) is 11.5 Å². The number of hydrogen-bond acceptors (Lipinski definition) is 4. The summed E-state index contributed by atoms with van der Waals surface area (Å²) in [7, 11) is -2.90. The molecule has 0 spiro atoms. The number of fused-ring (bicyclic) bond motifs is 1. The van der Waals surface area contributed by atoms with E-state index in [4.69, 9.17) is 4.42 Å². The molecule has 1 aromatic heterocycles. The van der Waals surface area contributed by atoms with Crippen molar-refractivity contribution in [1.29, 1.82) is 0 Å². The van der Waals surface area contributed by atoms with Crippen LogP contribution in [0.25, 0.3) is 11.0 Å². The lowest BCUT2D eigenvalue weighted by Gasteiger charge is -2.07. The van der Waals surface area contributed by atoms with Gasteiger partial charge in [0.1, 0.15) is 5.58 Å². The highest BCUT2D eigenvalue weighted by Gasteiger charge is 2.28. The van der Waals surface area contributed by atoms with E-state index in [0.717, 1.165) is 5.39 Å². The molecule has 3 rings (SSSR count). The van der Waals surface area contributed by atoms with Gasteiger partial charge in [-0.15, -0.1) is 0 Å². The molecule has 1 aromatic carbocycles. The van der Waals surface area contributed by atoms with E-state index in [1.807, 2.05) is 18.2 Å². The van der Waals surface area contributed by atoms with Crippen LogP contribution in [0.3, 0.4) is 0 Å². The first-order valence-electron chi connectivity index (χ1n) is 6.51. The summed E-state index contributed by atoms with van der Waals surface area (Å²) < 4.78 is 28.1. The number of para-hydroxylation sites is 1. The zero-order chi connectivity index (χ0) is 14.2. The van der Waals surface area contributed by atoms with Crippen LogP contribution in [0, 0.1) is 5.92 Å². The summed E-state index contributed by atoms with van der Waals surface area (Å²) in [5, 5.41) is 3.62. The van der Waals surface area contributed by atoms with Gasteiger partial charge in [0.2, 0.25) is 0 Å². The number of hydrogen-bond donors (Lipinski definition) is 1. The van der Waals surface area contributed by atoms with E-state index in [2.05, 4.69) is 5.32 Å². The van der Waals surface area contributed by atoms with Gasteiger partial charge in [-0.3, -0.25) is 4.79 Å². The molecule has 1 aliphatic rings. The highest BCUT2D eigenvalue weighted by atomic mass is 32.2. The van der Waals surface area contributed by atoms with Crippen molar-refractivity contribution in [3.63, 3.8) is 0 Å². The number of benzene rings is 1. The number of furan rings is 1. The summed E-state index contributed by atoms with van der Waals surface area (Å²) in [5.41, 5.74) is 0.668. The first-order chi connectivity index (χ1) is 9.53. The Bertz CT molecular complexity index is 714. The quantitative estimate of drug-likeness (QED) is 0.932. The molecule has 2 aromatic rings. The fourth-order valence-corrected chi connectivity index (χ4v) is 4.31. The van der Waals surface area contributed by atoms with Crippen LogP contribution < -0.4 is 5.32 Å². The minimum absolute atomic E-state index is 0.00771. The van der Waals surface area contributed by atoms with Crippen LogP contribution in [0.15, 0.2) is 34.7 Å². The standard InChI is InChI=1S/C14H15NO4S/c16-14(15-8-10-5-6-20(17,18)9-10)13-7-11-3-1-2-4-12(11)19-13/h1-4,7,10H,5-6,8-9H2,(H,15,16). The van der Waals surface area contributed by atoms with E-state index >= 15 is 0 Å². The number of sulfone groups is 1. The van der Waals surface area contributed by atoms with E-state index < -0.39 is 9.84 Å². The Labute approximate surface area is 116 Å². The van der Waals surface area contributed by atoms with Crippen molar-refractivity contribution in [2.75, 3.05) is 18.1 Å². The second-order valence-electron chi connectivity index (χ2n) is 5.13. The minimum Gasteiger partial charge on any atom is -0.451 e. The van der Waals surface area contributed by atoms with Crippen LogP contribution >= 0.6 is 0 Å². The SMILES string of the molecule is O=C(NCC1CCS(=O)(=O)C1)c1cc2ccccc2o1. The number of amides is 1. The molecular weight excluding hydrogens is 278 g/mol. The monoisotopic (exact) mass is 293 g/mol. The third kappa shape index (κ3) is 2.70. The smallest absolute Gasteiger partial charge is 0.287 e. The summed E-state index contributed by atoms with van der Waals surface area (Å²) in [5.74, 6) is 0.344. The molecule has 1 N–H and O–H groups in total. The van der Waals surface area contributed by atoms with Gasteiger partial charge >= 0.3 is 0 Å². The average Bonchev–Trinajstić information content (AvgIpc) is 2.99. The van der Waals surface area contributed by atoms with Crippen molar-refractivity contribution in [1.82, 2.24) is 5.32 Å². The van der Waals surface area contributed by atoms with Gasteiger partial charge in [0, 0.05) is 11.9 Å². The lowest BCUT2D eigenvalue weighted by atomic mass is 10.1. The maximum Gasteiger partial charge on any atom is 0.287 e. The summed E-state index contributed by atoms with van der Waals surface area (Å²) >= 11 is 0. The van der Waals surface area contributed by atoms with Gasteiger partial charge in [-0.1, -0.05) is 18.2 Å². The Morgan fingerprint density at radius 1 is 1.35 bits per heavy atom. The highest BCUT2D eigenvalue weighted by molar-refractivity contribution is 7.91. The second-order valence-corrected chi connectivity index (χ2v) is 7.36. The molecule has 5 nitrogen and oxygen atoms in total. The molecule has 0 saturated carbocycles. The molecule has 0 bridgehead atoms. The molecule has 1 unspecified atom stereocenters. The van der Waals surface area contributed by atoms with E-state index in [1.165, 1.54) is 0 Å². The van der Waals surface area contributed by atoms with Gasteiger partial charge in [-0.05, 0) is 24.5 Å². The Kier molecular flexibility index (Phi) is 3.25. The molecule has 0 aliphatic carbocycles. The predicted octanol–water partition coefficient (Wildman–Crippen LogP) is 1.60. The number of carbonyl (C=O) groups is 1. The van der Waals surface area contributed by atoms with Crippen LogP contribution in [0.5, 0.6) is 0 Å². The van der Waals surface area contributed by atoms with Crippen molar-refractivity contribution in [2.45, 2.75) is 6.42 Å². The molecule has 1 saturated heterocycles. The summed E-state index contributed by atoms with van der Waals surface area (Å²) in [6.45, 7) is 0.370. The van der Waals surface area contributed by atoms with Crippen molar-refractivity contribution in [3.8, 4) is 0 Å². The summed E-state index contributed by atoms with van der Waals surface area (Å²) in [4.78, 5) is 12.0. The summed E-state index contributed by atoms with van der Waals surface area (Å²) in [6.07, 6.45) is 0.614. The van der Waals surface area contributed by atoms with Crippen molar-refractivity contribution >= 4 is 26.7 Å². The van der Waals surface area contributed by atoms with Crippen LogP contribution in [0.2, 0.25) is 0 Å². The fourth-order valence-electron chi connectivity index (χ4n) is 2.45. The predicted molar refractivity (Wildman–Crippen MR) is 75.3 cm³/mol. The fraction of sp³-hybridized carbons (Fsp3) is 0.357. The molecule has 1 fully saturated rings. The lowest BCUT2D eigenvalue weighted by molar-refractivity contribution is 0.0923. The molecule has 0 radical (unpaired) electrons. The maximum atomic E-state index is 12.0. The topological polar surface area (TPSA) is 76.4 Å². The van der Waals surface area contributed by atoms with Gasteiger partial charge in [0.15, 0.2) is 15.6 Å². The molecule has 2 heterocycles. The molecule has 106 valence electrons.